The zero-order valence-corrected chi connectivity index (χ0v) is 17.5. The Morgan fingerprint density at radius 1 is 1.07 bits per heavy atom. The van der Waals surface area contributed by atoms with Crippen molar-refractivity contribution < 1.29 is 4.79 Å². The molecule has 0 aliphatic rings. The zero-order valence-electron chi connectivity index (χ0n) is 17.5. The molecule has 0 amide bonds. The number of aromatic nitrogens is 4. The molecule has 1 atom stereocenters. The van der Waals surface area contributed by atoms with Gasteiger partial charge in [0.2, 0.25) is 0 Å². The van der Waals surface area contributed by atoms with Crippen LogP contribution in [-0.4, -0.2) is 30.9 Å². The molecule has 30 heavy (non-hydrogen) atoms. The van der Waals surface area contributed by atoms with Gasteiger partial charge in [0, 0.05) is 29.7 Å². The smallest absolute Gasteiger partial charge is 0.351 e. The minimum absolute atomic E-state index is 0.318. The van der Waals surface area contributed by atoms with Crippen molar-refractivity contribution in [1.29, 1.82) is 0 Å². The van der Waals surface area contributed by atoms with Crippen LogP contribution in [0.2, 0.25) is 0 Å². The molecule has 2 N–H and O–H groups in total. The molecule has 2 heterocycles. The van der Waals surface area contributed by atoms with E-state index in [1.54, 1.807) is 6.92 Å². The average molecular weight is 403 g/mol. The molecule has 0 saturated heterocycles. The number of carbonyl (C=O) groups excluding carboxylic acids is 1. The summed E-state index contributed by atoms with van der Waals surface area (Å²) < 4.78 is 4.36. The van der Waals surface area contributed by atoms with Gasteiger partial charge in [-0.25, -0.2) is 9.36 Å². The third-order valence-corrected chi connectivity index (χ3v) is 5.32. The molecule has 7 heteroatoms. The van der Waals surface area contributed by atoms with Crippen LogP contribution in [0.4, 0.5) is 0 Å². The van der Waals surface area contributed by atoms with Crippen LogP contribution in [-0.2, 0) is 7.05 Å². The lowest BCUT2D eigenvalue weighted by Gasteiger charge is -2.09. The fraction of sp³-hybridized carbons (Fsp3) is 0.261. The monoisotopic (exact) mass is 403 g/mol. The number of hydrogen-bond donors (Lipinski definition) is 1. The van der Waals surface area contributed by atoms with Crippen LogP contribution in [0.15, 0.2) is 59.5 Å². The molecule has 0 radical (unpaired) electrons. The second-order valence-electron chi connectivity index (χ2n) is 7.93. The molecule has 0 spiro atoms. The molecular formula is C23H25N5O2. The van der Waals surface area contributed by atoms with Gasteiger partial charge in [0.1, 0.15) is 0 Å². The largest absolute Gasteiger partial charge is 0.358 e. The highest BCUT2D eigenvalue weighted by Gasteiger charge is 2.23. The van der Waals surface area contributed by atoms with Crippen molar-refractivity contribution in [1.82, 2.24) is 18.9 Å². The van der Waals surface area contributed by atoms with Crippen molar-refractivity contribution in [3.63, 3.8) is 0 Å². The van der Waals surface area contributed by atoms with Gasteiger partial charge in [0.15, 0.2) is 5.82 Å². The minimum Gasteiger partial charge on any atom is -0.351 e. The van der Waals surface area contributed by atoms with Crippen LogP contribution in [0.1, 0.15) is 37.0 Å². The van der Waals surface area contributed by atoms with Gasteiger partial charge in [-0.1, -0.05) is 32.0 Å². The molecule has 0 aliphatic heterocycles. The number of fused-ring (bicyclic) bond motifs is 1. The molecule has 154 valence electrons. The summed E-state index contributed by atoms with van der Waals surface area (Å²) in [6.07, 6.45) is 1.97. The van der Waals surface area contributed by atoms with Crippen molar-refractivity contribution in [2.45, 2.75) is 32.7 Å². The third-order valence-electron chi connectivity index (χ3n) is 5.32. The first-order valence-corrected chi connectivity index (χ1v) is 9.95. The van der Waals surface area contributed by atoms with Crippen LogP contribution in [0.3, 0.4) is 0 Å². The van der Waals surface area contributed by atoms with E-state index < -0.39 is 17.6 Å². The van der Waals surface area contributed by atoms with E-state index in [0.29, 0.717) is 17.4 Å². The fourth-order valence-electron chi connectivity index (χ4n) is 3.57. The van der Waals surface area contributed by atoms with Crippen molar-refractivity contribution in [3.8, 4) is 17.1 Å². The van der Waals surface area contributed by atoms with E-state index in [1.165, 1.54) is 4.57 Å². The number of nitrogens with two attached hydrogens (primary N) is 1. The summed E-state index contributed by atoms with van der Waals surface area (Å²) >= 11 is 0. The Balaban J connectivity index is 1.99. The molecule has 4 aromatic rings. The predicted octanol–water partition coefficient (Wildman–Crippen LogP) is 3.30. The molecule has 0 fully saturated rings. The van der Waals surface area contributed by atoms with Crippen LogP contribution in [0.5, 0.6) is 0 Å². The quantitative estimate of drug-likeness (QED) is 0.566. The third kappa shape index (κ3) is 3.27. The van der Waals surface area contributed by atoms with Crippen molar-refractivity contribution in [2.24, 2.45) is 12.8 Å². The number of hydrogen-bond acceptors (Lipinski definition) is 4. The fourth-order valence-corrected chi connectivity index (χ4v) is 3.57. The molecule has 4 rings (SSSR count). The normalized spacial score (nSPS) is 12.6. The summed E-state index contributed by atoms with van der Waals surface area (Å²) in [5, 5.41) is 5.39. The van der Waals surface area contributed by atoms with E-state index in [9.17, 15) is 9.59 Å². The maximum Gasteiger partial charge on any atom is 0.358 e. The number of carbonyl (C=O) groups is 1. The molecular weight excluding hydrogens is 378 g/mol. The van der Waals surface area contributed by atoms with Gasteiger partial charge in [-0.05, 0) is 48.7 Å². The topological polar surface area (TPSA) is 87.8 Å². The van der Waals surface area contributed by atoms with Gasteiger partial charge in [-0.15, -0.1) is 9.78 Å². The zero-order chi connectivity index (χ0) is 21.6. The SMILES string of the molecule is CC(N)C(=O)n1nc(-c2cccc(C(C)C)c2)n(-c2ccc3c(ccn3C)c2)c1=O. The van der Waals surface area contributed by atoms with Crippen molar-refractivity contribution in [3.05, 3.63) is 70.8 Å². The lowest BCUT2D eigenvalue weighted by molar-refractivity contribution is 0.0865. The second kappa shape index (κ2) is 7.42. The molecule has 0 saturated carbocycles. The number of aryl methyl sites for hydroxylation is 1. The van der Waals surface area contributed by atoms with E-state index in [-0.39, 0.29) is 0 Å². The van der Waals surface area contributed by atoms with E-state index in [1.807, 2.05) is 66.3 Å². The van der Waals surface area contributed by atoms with Gasteiger partial charge in [-0.2, -0.15) is 0 Å². The first-order chi connectivity index (χ1) is 14.3. The molecule has 0 aliphatic carbocycles. The van der Waals surface area contributed by atoms with Crippen molar-refractivity contribution in [2.75, 3.05) is 0 Å². The maximum atomic E-state index is 13.3. The second-order valence-corrected chi connectivity index (χ2v) is 7.93. The van der Waals surface area contributed by atoms with Crippen LogP contribution < -0.4 is 11.4 Å². The highest BCUT2D eigenvalue weighted by Crippen LogP contribution is 2.26. The number of rotatable bonds is 4. The number of nitrogens with zero attached hydrogens (tertiary/aromatic N) is 4. The summed E-state index contributed by atoms with van der Waals surface area (Å²) in [6.45, 7) is 5.75. The Hall–Kier alpha value is -3.45. The lowest BCUT2D eigenvalue weighted by Crippen LogP contribution is -2.39. The average Bonchev–Trinajstić information content (AvgIpc) is 3.27. The molecule has 2 aromatic heterocycles. The lowest BCUT2D eigenvalue weighted by atomic mass is 10.0. The molecule has 0 bridgehead atoms. The van der Waals surface area contributed by atoms with Crippen LogP contribution >= 0.6 is 0 Å². The van der Waals surface area contributed by atoms with Gasteiger partial charge in [0.25, 0.3) is 5.91 Å². The van der Waals surface area contributed by atoms with E-state index >= 15 is 0 Å². The standard InChI is InChI=1S/C23H25N5O2/c1-14(2)16-6-5-7-18(12-16)21-25-28(22(29)15(3)24)23(30)27(21)19-8-9-20-17(13-19)10-11-26(20)4/h5-15H,24H2,1-4H3. The first-order valence-electron chi connectivity index (χ1n) is 9.95. The van der Waals surface area contributed by atoms with Gasteiger partial charge in [-0.3, -0.25) is 4.79 Å². The Bertz CT molecular complexity index is 1310. The summed E-state index contributed by atoms with van der Waals surface area (Å²) in [7, 11) is 1.97. The summed E-state index contributed by atoms with van der Waals surface area (Å²) in [6, 6.07) is 14.8. The van der Waals surface area contributed by atoms with E-state index in [4.69, 9.17) is 5.73 Å². The first kappa shape index (κ1) is 19.8. The summed E-state index contributed by atoms with van der Waals surface area (Å²) in [5.41, 5.74) is 8.81. The molecule has 1 unspecified atom stereocenters. The van der Waals surface area contributed by atoms with E-state index in [2.05, 4.69) is 18.9 Å². The van der Waals surface area contributed by atoms with Gasteiger partial charge < -0.3 is 10.3 Å². The highest BCUT2D eigenvalue weighted by molar-refractivity contribution is 5.84. The van der Waals surface area contributed by atoms with Gasteiger partial charge in [0.05, 0.1) is 11.7 Å². The highest BCUT2D eigenvalue weighted by atomic mass is 16.2. The van der Waals surface area contributed by atoms with Crippen molar-refractivity contribution >= 4 is 16.8 Å². The predicted molar refractivity (Wildman–Crippen MR) is 118 cm³/mol. The Morgan fingerprint density at radius 3 is 2.53 bits per heavy atom. The van der Waals surface area contributed by atoms with Crippen LogP contribution in [0.25, 0.3) is 28.0 Å². The Kier molecular flexibility index (Phi) is 4.91. The van der Waals surface area contributed by atoms with Crippen LogP contribution in [0, 0.1) is 0 Å². The van der Waals surface area contributed by atoms with E-state index in [0.717, 1.165) is 26.7 Å². The maximum absolute atomic E-state index is 13.3. The summed E-state index contributed by atoms with van der Waals surface area (Å²) in [5.74, 6) is 0.186. The Morgan fingerprint density at radius 2 is 1.83 bits per heavy atom. The summed E-state index contributed by atoms with van der Waals surface area (Å²) in [4.78, 5) is 25.8. The number of benzene rings is 2. The minimum atomic E-state index is -0.836. The molecule has 7 nitrogen and oxygen atoms in total. The molecule has 2 aromatic carbocycles. The Labute approximate surface area is 174 Å². The van der Waals surface area contributed by atoms with Gasteiger partial charge >= 0.3 is 5.69 Å².